The van der Waals surface area contributed by atoms with Crippen molar-refractivity contribution in [1.29, 1.82) is 0 Å². The van der Waals surface area contributed by atoms with Gasteiger partial charge in [-0.3, -0.25) is 0 Å². The number of aryl methyl sites for hydroxylation is 1. The normalized spacial score (nSPS) is 12.4. The van der Waals surface area contributed by atoms with E-state index in [4.69, 9.17) is 17.3 Å². The second-order valence-electron chi connectivity index (χ2n) is 4.09. The molecule has 0 aliphatic carbocycles. The van der Waals surface area contributed by atoms with Crippen LogP contribution < -0.4 is 11.1 Å². The molecule has 0 amide bonds. The second-order valence-corrected chi connectivity index (χ2v) is 6.75. The van der Waals surface area contributed by atoms with Crippen molar-refractivity contribution in [2.24, 2.45) is 5.73 Å². The van der Waals surface area contributed by atoms with Gasteiger partial charge in [-0.25, -0.2) is 0 Å². The summed E-state index contributed by atoms with van der Waals surface area (Å²) in [6.07, 6.45) is 0. The minimum atomic E-state index is 0.0937. The molecule has 5 heteroatoms. The number of hydrogen-bond acceptors (Lipinski definition) is 3. The van der Waals surface area contributed by atoms with Crippen LogP contribution in [0.25, 0.3) is 0 Å². The monoisotopic (exact) mass is 344 g/mol. The van der Waals surface area contributed by atoms with Crippen molar-refractivity contribution < 1.29 is 0 Å². The summed E-state index contributed by atoms with van der Waals surface area (Å²) in [5.74, 6) is 0. The number of rotatable bonds is 4. The molecular weight excluding hydrogens is 332 g/mol. The van der Waals surface area contributed by atoms with Crippen molar-refractivity contribution in [3.8, 4) is 0 Å². The lowest BCUT2D eigenvalue weighted by atomic mass is 10.2. The zero-order chi connectivity index (χ0) is 13.1. The maximum atomic E-state index is 5.96. The highest BCUT2D eigenvalue weighted by Crippen LogP contribution is 2.29. The lowest BCUT2D eigenvalue weighted by Gasteiger charge is -2.17. The van der Waals surface area contributed by atoms with Crippen LogP contribution in [0.2, 0.25) is 4.34 Å². The number of nitrogens with one attached hydrogen (secondary N) is 1. The molecule has 0 aliphatic rings. The Bertz CT molecular complexity index is 521. The van der Waals surface area contributed by atoms with E-state index in [0.717, 1.165) is 19.4 Å². The molecule has 1 aromatic carbocycles. The lowest BCUT2D eigenvalue weighted by Crippen LogP contribution is -2.19. The molecule has 1 aromatic heterocycles. The van der Waals surface area contributed by atoms with Gasteiger partial charge in [-0.2, -0.15) is 0 Å². The standard InChI is InChI=1S/C13H14BrClN2S/c1-8-4-9(14)6-10(5-8)17-11(7-16)12-2-3-13(15)18-12/h2-6,11,17H,7,16H2,1H3. The topological polar surface area (TPSA) is 38.0 Å². The van der Waals surface area contributed by atoms with Crippen molar-refractivity contribution in [2.75, 3.05) is 11.9 Å². The number of thiophene rings is 1. The molecular formula is C13H14BrClN2S. The summed E-state index contributed by atoms with van der Waals surface area (Å²) in [6.45, 7) is 2.60. The Morgan fingerprint density at radius 1 is 1.39 bits per heavy atom. The molecule has 1 heterocycles. The average Bonchev–Trinajstić information content (AvgIpc) is 2.71. The molecule has 0 aliphatic heterocycles. The first-order valence-corrected chi connectivity index (χ1v) is 7.56. The first kappa shape index (κ1) is 13.9. The summed E-state index contributed by atoms with van der Waals surface area (Å²) in [5, 5.41) is 3.44. The molecule has 0 radical (unpaired) electrons. The highest BCUT2D eigenvalue weighted by Gasteiger charge is 2.12. The van der Waals surface area contributed by atoms with E-state index < -0.39 is 0 Å². The molecule has 2 nitrogen and oxygen atoms in total. The van der Waals surface area contributed by atoms with E-state index in [2.05, 4.69) is 40.3 Å². The molecule has 2 aromatic rings. The summed E-state index contributed by atoms with van der Waals surface area (Å²) in [5.41, 5.74) is 8.09. The summed E-state index contributed by atoms with van der Waals surface area (Å²) in [7, 11) is 0. The van der Waals surface area contributed by atoms with E-state index >= 15 is 0 Å². The SMILES string of the molecule is Cc1cc(Br)cc(NC(CN)c2ccc(Cl)s2)c1. The maximum Gasteiger partial charge on any atom is 0.0932 e. The van der Waals surface area contributed by atoms with E-state index in [0.29, 0.717) is 6.54 Å². The molecule has 0 bridgehead atoms. The van der Waals surface area contributed by atoms with E-state index in [1.807, 2.05) is 18.2 Å². The molecule has 3 N–H and O–H groups in total. The molecule has 0 saturated heterocycles. The van der Waals surface area contributed by atoms with Gasteiger partial charge in [0.1, 0.15) is 0 Å². The largest absolute Gasteiger partial charge is 0.376 e. The van der Waals surface area contributed by atoms with Gasteiger partial charge < -0.3 is 11.1 Å². The lowest BCUT2D eigenvalue weighted by molar-refractivity contribution is 0.805. The molecule has 18 heavy (non-hydrogen) atoms. The number of anilines is 1. The third kappa shape index (κ3) is 3.48. The van der Waals surface area contributed by atoms with Gasteiger partial charge in [0.05, 0.1) is 10.4 Å². The zero-order valence-corrected chi connectivity index (χ0v) is 13.1. The van der Waals surface area contributed by atoms with Gasteiger partial charge >= 0.3 is 0 Å². The van der Waals surface area contributed by atoms with Gasteiger partial charge in [0.25, 0.3) is 0 Å². The highest BCUT2D eigenvalue weighted by atomic mass is 79.9. The van der Waals surface area contributed by atoms with Gasteiger partial charge in [0.15, 0.2) is 0 Å². The van der Waals surface area contributed by atoms with Crippen molar-refractivity contribution in [1.82, 2.24) is 0 Å². The third-order valence-corrected chi connectivity index (χ3v) is 4.36. The first-order chi connectivity index (χ1) is 8.58. The Kier molecular flexibility index (Phi) is 4.67. The fourth-order valence-electron chi connectivity index (χ4n) is 1.78. The van der Waals surface area contributed by atoms with Crippen LogP contribution in [0.15, 0.2) is 34.8 Å². The van der Waals surface area contributed by atoms with E-state index in [1.165, 1.54) is 5.56 Å². The van der Waals surface area contributed by atoms with E-state index in [1.54, 1.807) is 11.3 Å². The summed E-state index contributed by atoms with van der Waals surface area (Å²) < 4.78 is 1.85. The van der Waals surface area contributed by atoms with Crippen LogP contribution in [-0.4, -0.2) is 6.54 Å². The van der Waals surface area contributed by atoms with Crippen molar-refractivity contribution >= 4 is 44.6 Å². The molecule has 0 saturated carbocycles. The second kappa shape index (κ2) is 6.06. The average molecular weight is 346 g/mol. The highest BCUT2D eigenvalue weighted by molar-refractivity contribution is 9.10. The summed E-state index contributed by atoms with van der Waals surface area (Å²) in [6, 6.07) is 10.2. The molecule has 0 fully saturated rings. The fraction of sp³-hybridized carbons (Fsp3) is 0.231. The third-order valence-electron chi connectivity index (χ3n) is 2.56. The van der Waals surface area contributed by atoms with Crippen molar-refractivity contribution in [3.05, 3.63) is 49.6 Å². The molecule has 2 rings (SSSR count). The number of halogens is 2. The Hall–Kier alpha value is -0.550. The van der Waals surface area contributed by atoms with Gasteiger partial charge in [-0.1, -0.05) is 27.5 Å². The van der Waals surface area contributed by atoms with Crippen molar-refractivity contribution in [2.45, 2.75) is 13.0 Å². The molecule has 96 valence electrons. The predicted molar refractivity (Wildman–Crippen MR) is 83.6 cm³/mol. The number of benzene rings is 1. The van der Waals surface area contributed by atoms with Crippen LogP contribution >= 0.6 is 38.9 Å². The Morgan fingerprint density at radius 2 is 2.17 bits per heavy atom. The Morgan fingerprint density at radius 3 is 2.72 bits per heavy atom. The van der Waals surface area contributed by atoms with Crippen LogP contribution in [0.3, 0.4) is 0 Å². The Balaban J connectivity index is 2.20. The minimum Gasteiger partial charge on any atom is -0.376 e. The van der Waals surface area contributed by atoms with E-state index in [-0.39, 0.29) is 6.04 Å². The molecule has 1 unspecified atom stereocenters. The maximum absolute atomic E-state index is 5.96. The Labute approximate surface area is 124 Å². The van der Waals surface area contributed by atoms with Crippen LogP contribution in [-0.2, 0) is 0 Å². The first-order valence-electron chi connectivity index (χ1n) is 5.57. The zero-order valence-electron chi connectivity index (χ0n) is 9.91. The van der Waals surface area contributed by atoms with E-state index in [9.17, 15) is 0 Å². The van der Waals surface area contributed by atoms with Gasteiger partial charge in [-0.15, -0.1) is 11.3 Å². The molecule has 0 spiro atoms. The van der Waals surface area contributed by atoms with Gasteiger partial charge in [0.2, 0.25) is 0 Å². The van der Waals surface area contributed by atoms with Crippen LogP contribution in [0.4, 0.5) is 5.69 Å². The fourth-order valence-corrected chi connectivity index (χ4v) is 3.52. The van der Waals surface area contributed by atoms with Crippen LogP contribution in [0, 0.1) is 6.92 Å². The summed E-state index contributed by atoms with van der Waals surface area (Å²) >= 11 is 11.0. The van der Waals surface area contributed by atoms with Crippen molar-refractivity contribution in [3.63, 3.8) is 0 Å². The number of hydrogen-bond donors (Lipinski definition) is 2. The summed E-state index contributed by atoms with van der Waals surface area (Å²) in [4.78, 5) is 1.15. The van der Waals surface area contributed by atoms with Gasteiger partial charge in [-0.05, 0) is 42.8 Å². The van der Waals surface area contributed by atoms with Crippen LogP contribution in [0.5, 0.6) is 0 Å². The number of nitrogens with two attached hydrogens (primary N) is 1. The minimum absolute atomic E-state index is 0.0937. The predicted octanol–water partition coefficient (Wildman–Crippen LogP) is 4.58. The smallest absolute Gasteiger partial charge is 0.0932 e. The quantitative estimate of drug-likeness (QED) is 0.851. The molecule has 1 atom stereocenters. The van der Waals surface area contributed by atoms with Crippen LogP contribution in [0.1, 0.15) is 16.5 Å². The van der Waals surface area contributed by atoms with Gasteiger partial charge in [0, 0.05) is 21.6 Å².